The number of carbonyl (C=O) groups is 2. The summed E-state index contributed by atoms with van der Waals surface area (Å²) in [6.07, 6.45) is 1.49. The average Bonchev–Trinajstić information content (AvgIpc) is 2.43. The van der Waals surface area contributed by atoms with E-state index < -0.39 is 11.7 Å². The first-order valence-corrected chi connectivity index (χ1v) is 5.61. The van der Waals surface area contributed by atoms with Crippen LogP contribution in [0, 0.1) is 0 Å². The quantitative estimate of drug-likeness (QED) is 0.604. The lowest BCUT2D eigenvalue weighted by Crippen LogP contribution is -2.43. The van der Waals surface area contributed by atoms with E-state index in [1.165, 1.54) is 0 Å². The first-order valence-electron chi connectivity index (χ1n) is 5.61. The lowest BCUT2D eigenvalue weighted by Gasteiger charge is -2.23. The molecule has 0 unspecified atom stereocenters. The first-order chi connectivity index (χ1) is 7.81. The van der Waals surface area contributed by atoms with Crippen molar-refractivity contribution in [1.82, 2.24) is 5.32 Å². The first kappa shape index (κ1) is 13.5. The van der Waals surface area contributed by atoms with Crippen molar-refractivity contribution in [2.75, 3.05) is 0 Å². The van der Waals surface area contributed by atoms with E-state index in [4.69, 9.17) is 9.47 Å². The van der Waals surface area contributed by atoms with E-state index in [0.29, 0.717) is 6.42 Å². The van der Waals surface area contributed by atoms with E-state index in [0.717, 1.165) is 0 Å². The fourth-order valence-electron chi connectivity index (χ4n) is 1.59. The van der Waals surface area contributed by atoms with Gasteiger partial charge in [0.25, 0.3) is 0 Å². The van der Waals surface area contributed by atoms with Crippen LogP contribution in [0.2, 0.25) is 0 Å². The summed E-state index contributed by atoms with van der Waals surface area (Å²) >= 11 is 0. The summed E-state index contributed by atoms with van der Waals surface area (Å²) in [5.74, 6) is -0.307. The van der Waals surface area contributed by atoms with Crippen LogP contribution in [-0.2, 0) is 14.3 Å². The van der Waals surface area contributed by atoms with Crippen molar-refractivity contribution in [2.24, 2.45) is 0 Å². The maximum Gasteiger partial charge on any atom is 0.408 e. The number of carbonyl (C=O) groups excluding carboxylic acids is 2. The van der Waals surface area contributed by atoms with Crippen LogP contribution in [-0.4, -0.2) is 29.8 Å². The van der Waals surface area contributed by atoms with Crippen LogP contribution in [0.4, 0.5) is 4.79 Å². The molecule has 0 saturated carbocycles. The van der Waals surface area contributed by atoms with Gasteiger partial charge in [-0.15, -0.1) is 6.58 Å². The summed E-state index contributed by atoms with van der Waals surface area (Å²) in [7, 11) is 0. The van der Waals surface area contributed by atoms with E-state index in [1.807, 2.05) is 0 Å². The van der Waals surface area contributed by atoms with Crippen LogP contribution >= 0.6 is 0 Å². The Morgan fingerprint density at radius 3 is 2.82 bits per heavy atom. The van der Waals surface area contributed by atoms with E-state index in [1.54, 1.807) is 26.8 Å². The van der Waals surface area contributed by atoms with Crippen LogP contribution < -0.4 is 5.32 Å². The predicted octanol–water partition coefficient (Wildman–Crippen LogP) is 1.77. The number of amides is 1. The Balaban J connectivity index is 2.52. The topological polar surface area (TPSA) is 64.6 Å². The van der Waals surface area contributed by atoms with E-state index >= 15 is 0 Å². The van der Waals surface area contributed by atoms with Gasteiger partial charge in [-0.25, -0.2) is 4.79 Å². The van der Waals surface area contributed by atoms with Crippen molar-refractivity contribution >= 4 is 12.1 Å². The highest BCUT2D eigenvalue weighted by Crippen LogP contribution is 2.19. The average molecular weight is 241 g/mol. The number of cyclic esters (lactones) is 1. The Morgan fingerprint density at radius 2 is 2.29 bits per heavy atom. The molecule has 0 aromatic heterocycles. The monoisotopic (exact) mass is 241 g/mol. The largest absolute Gasteiger partial charge is 0.460 e. The van der Waals surface area contributed by atoms with Crippen LogP contribution in [0.3, 0.4) is 0 Å². The molecule has 0 aromatic carbocycles. The zero-order chi connectivity index (χ0) is 13.1. The Bertz CT molecular complexity index is 319. The fraction of sp³-hybridized carbons (Fsp3) is 0.667. The van der Waals surface area contributed by atoms with Crippen molar-refractivity contribution in [3.05, 3.63) is 12.7 Å². The van der Waals surface area contributed by atoms with Gasteiger partial charge in [-0.2, -0.15) is 0 Å². The highest BCUT2D eigenvalue weighted by atomic mass is 16.6. The SMILES string of the molecule is C=CC[C@H]1OC(=O)C[C@H]1NC(=O)OC(C)(C)C. The van der Waals surface area contributed by atoms with Crippen molar-refractivity contribution in [3.8, 4) is 0 Å². The number of hydrogen-bond donors (Lipinski definition) is 1. The number of ether oxygens (including phenoxy) is 2. The molecular formula is C12H19NO4. The number of rotatable bonds is 3. The third-order valence-electron chi connectivity index (χ3n) is 2.22. The third-order valence-corrected chi connectivity index (χ3v) is 2.22. The number of esters is 1. The highest BCUT2D eigenvalue weighted by Gasteiger charge is 2.35. The van der Waals surface area contributed by atoms with Gasteiger partial charge in [-0.05, 0) is 20.8 Å². The summed E-state index contributed by atoms with van der Waals surface area (Å²) in [6, 6.07) is -0.338. The molecule has 0 aliphatic carbocycles. The van der Waals surface area contributed by atoms with Crippen LogP contribution in [0.15, 0.2) is 12.7 Å². The van der Waals surface area contributed by atoms with Crippen LogP contribution in [0.5, 0.6) is 0 Å². The summed E-state index contributed by atoms with van der Waals surface area (Å²) in [5, 5.41) is 2.65. The minimum Gasteiger partial charge on any atom is -0.460 e. The summed E-state index contributed by atoms with van der Waals surface area (Å²) in [5.41, 5.74) is -0.554. The van der Waals surface area contributed by atoms with Gasteiger partial charge in [-0.1, -0.05) is 6.08 Å². The molecule has 1 fully saturated rings. The van der Waals surface area contributed by atoms with Gasteiger partial charge in [-0.3, -0.25) is 4.79 Å². The normalized spacial score (nSPS) is 24.1. The van der Waals surface area contributed by atoms with Gasteiger partial charge in [0.15, 0.2) is 0 Å². The molecule has 5 nitrogen and oxygen atoms in total. The number of hydrogen-bond acceptors (Lipinski definition) is 4. The predicted molar refractivity (Wildman–Crippen MR) is 62.5 cm³/mol. The molecule has 2 atom stereocenters. The third kappa shape index (κ3) is 4.46. The molecule has 0 aromatic rings. The molecule has 1 N–H and O–H groups in total. The highest BCUT2D eigenvalue weighted by molar-refractivity contribution is 5.75. The molecule has 5 heteroatoms. The summed E-state index contributed by atoms with van der Waals surface area (Å²) in [6.45, 7) is 8.93. The minimum atomic E-state index is -0.554. The molecule has 1 aliphatic heterocycles. The molecule has 0 radical (unpaired) electrons. The molecule has 1 saturated heterocycles. The van der Waals surface area contributed by atoms with Crippen LogP contribution in [0.1, 0.15) is 33.6 Å². The number of alkyl carbamates (subject to hydrolysis) is 1. The second-order valence-corrected chi connectivity index (χ2v) is 5.01. The Morgan fingerprint density at radius 1 is 1.65 bits per heavy atom. The molecule has 1 heterocycles. The van der Waals surface area contributed by atoms with Gasteiger partial charge in [0.2, 0.25) is 0 Å². The zero-order valence-electron chi connectivity index (χ0n) is 10.5. The molecule has 1 amide bonds. The summed E-state index contributed by atoms with van der Waals surface area (Å²) in [4.78, 5) is 22.7. The molecule has 1 aliphatic rings. The van der Waals surface area contributed by atoms with Crippen molar-refractivity contribution < 1.29 is 19.1 Å². The van der Waals surface area contributed by atoms with Gasteiger partial charge in [0, 0.05) is 6.42 Å². The summed E-state index contributed by atoms with van der Waals surface area (Å²) < 4.78 is 10.2. The van der Waals surface area contributed by atoms with Gasteiger partial charge in [0.05, 0.1) is 12.5 Å². The smallest absolute Gasteiger partial charge is 0.408 e. The Labute approximate surface area is 101 Å². The zero-order valence-corrected chi connectivity index (χ0v) is 10.5. The molecule has 0 spiro atoms. The lowest BCUT2D eigenvalue weighted by molar-refractivity contribution is -0.141. The standard InChI is InChI=1S/C12H19NO4/c1-5-6-9-8(7-10(14)16-9)13-11(15)17-12(2,3)4/h5,8-9H,1,6-7H2,2-4H3,(H,13,15)/t8-,9-/m1/s1. The Kier molecular flexibility index (Phi) is 4.15. The van der Waals surface area contributed by atoms with Gasteiger partial charge in [0.1, 0.15) is 11.7 Å². The molecule has 17 heavy (non-hydrogen) atoms. The second kappa shape index (κ2) is 5.21. The lowest BCUT2D eigenvalue weighted by atomic mass is 10.1. The molecule has 1 rings (SSSR count). The van der Waals surface area contributed by atoms with Crippen molar-refractivity contribution in [3.63, 3.8) is 0 Å². The van der Waals surface area contributed by atoms with Crippen molar-refractivity contribution in [2.45, 2.75) is 51.4 Å². The van der Waals surface area contributed by atoms with Gasteiger partial charge >= 0.3 is 12.1 Å². The molecule has 96 valence electrons. The maximum absolute atomic E-state index is 11.5. The van der Waals surface area contributed by atoms with Gasteiger partial charge < -0.3 is 14.8 Å². The molecular weight excluding hydrogens is 222 g/mol. The van der Waals surface area contributed by atoms with E-state index in [2.05, 4.69) is 11.9 Å². The maximum atomic E-state index is 11.5. The van der Waals surface area contributed by atoms with E-state index in [-0.39, 0.29) is 24.5 Å². The molecule has 0 bridgehead atoms. The fourth-order valence-corrected chi connectivity index (χ4v) is 1.59. The number of nitrogens with one attached hydrogen (secondary N) is 1. The van der Waals surface area contributed by atoms with Crippen molar-refractivity contribution in [1.29, 1.82) is 0 Å². The van der Waals surface area contributed by atoms with Crippen LogP contribution in [0.25, 0.3) is 0 Å². The van der Waals surface area contributed by atoms with E-state index in [9.17, 15) is 9.59 Å². The Hall–Kier alpha value is -1.52. The second-order valence-electron chi connectivity index (χ2n) is 5.01. The minimum absolute atomic E-state index is 0.178.